The Morgan fingerprint density at radius 3 is 2.48 bits per heavy atom. The average Bonchev–Trinajstić information content (AvgIpc) is 2.68. The molecule has 1 aliphatic carbocycles. The van der Waals surface area contributed by atoms with Gasteiger partial charge in [0, 0.05) is 19.1 Å². The van der Waals surface area contributed by atoms with E-state index in [1.54, 1.807) is 4.90 Å². The topological polar surface area (TPSA) is 66.5 Å². The second-order valence-corrected chi connectivity index (χ2v) is 9.68. The maximum absolute atomic E-state index is 13.4. The Morgan fingerprint density at radius 1 is 1.07 bits per heavy atom. The predicted octanol–water partition coefficient (Wildman–Crippen LogP) is 3.22. The van der Waals surface area contributed by atoms with Gasteiger partial charge in [-0.05, 0) is 49.4 Å². The number of nitrogens with zero attached hydrogens (tertiary/aromatic N) is 1. The quantitative estimate of drug-likeness (QED) is 0.814. The molecule has 1 heterocycles. The minimum Gasteiger partial charge on any atom is -0.340 e. The molecule has 4 rings (SSSR count). The second-order valence-electron chi connectivity index (χ2n) is 7.97. The molecule has 2 aromatic rings. The van der Waals surface area contributed by atoms with E-state index in [4.69, 9.17) is 0 Å². The van der Waals surface area contributed by atoms with Crippen molar-refractivity contribution in [3.05, 3.63) is 66.0 Å². The van der Waals surface area contributed by atoms with Crippen molar-refractivity contribution in [2.45, 2.75) is 48.5 Å². The number of hydrogen-bond acceptors (Lipinski definition) is 3. The van der Waals surface area contributed by atoms with Gasteiger partial charge in [0.1, 0.15) is 5.82 Å². The van der Waals surface area contributed by atoms with Gasteiger partial charge in [0.2, 0.25) is 15.9 Å². The van der Waals surface area contributed by atoms with Crippen LogP contribution in [0.3, 0.4) is 0 Å². The van der Waals surface area contributed by atoms with Crippen molar-refractivity contribution in [2.24, 2.45) is 0 Å². The zero-order valence-corrected chi connectivity index (χ0v) is 17.0. The van der Waals surface area contributed by atoms with E-state index in [0.717, 1.165) is 37.3 Å². The van der Waals surface area contributed by atoms with Crippen LogP contribution in [0, 0.1) is 5.82 Å². The Bertz CT molecular complexity index is 990. The highest BCUT2D eigenvalue weighted by Crippen LogP contribution is 2.45. The smallest absolute Gasteiger partial charge is 0.240 e. The highest BCUT2D eigenvalue weighted by molar-refractivity contribution is 7.89. The molecule has 2 aromatic carbocycles. The van der Waals surface area contributed by atoms with Gasteiger partial charge in [-0.1, -0.05) is 42.8 Å². The van der Waals surface area contributed by atoms with E-state index >= 15 is 0 Å². The van der Waals surface area contributed by atoms with E-state index in [9.17, 15) is 17.6 Å². The molecule has 29 heavy (non-hydrogen) atoms. The number of piperidine rings is 1. The molecule has 1 aliphatic heterocycles. The lowest BCUT2D eigenvalue weighted by molar-refractivity contribution is -0.142. The lowest BCUT2D eigenvalue weighted by Crippen LogP contribution is -2.56. The number of hydrogen-bond donors (Lipinski definition) is 1. The fraction of sp³-hybridized carbons (Fsp3) is 0.409. The molecule has 154 valence electrons. The lowest BCUT2D eigenvalue weighted by Gasteiger charge is -2.46. The Labute approximate surface area is 171 Å². The summed E-state index contributed by atoms with van der Waals surface area (Å²) in [7, 11) is -3.84. The van der Waals surface area contributed by atoms with Gasteiger partial charge < -0.3 is 4.90 Å². The number of halogens is 1. The van der Waals surface area contributed by atoms with Crippen LogP contribution in [0.25, 0.3) is 0 Å². The highest BCUT2D eigenvalue weighted by Gasteiger charge is 2.48. The van der Waals surface area contributed by atoms with Gasteiger partial charge in [-0.3, -0.25) is 4.79 Å². The minimum atomic E-state index is -3.84. The predicted molar refractivity (Wildman–Crippen MR) is 108 cm³/mol. The van der Waals surface area contributed by atoms with Crippen molar-refractivity contribution in [1.82, 2.24) is 9.62 Å². The summed E-state index contributed by atoms with van der Waals surface area (Å²) in [5.74, 6) is -0.507. The maximum atomic E-state index is 13.4. The first-order chi connectivity index (χ1) is 13.9. The minimum absolute atomic E-state index is 0.0876. The van der Waals surface area contributed by atoms with E-state index in [2.05, 4.69) is 4.72 Å². The summed E-state index contributed by atoms with van der Waals surface area (Å²) in [4.78, 5) is 15.1. The zero-order valence-electron chi connectivity index (χ0n) is 16.2. The first kappa shape index (κ1) is 20.0. The molecule has 0 bridgehead atoms. The van der Waals surface area contributed by atoms with Crippen LogP contribution in [-0.4, -0.2) is 38.4 Å². The first-order valence-electron chi connectivity index (χ1n) is 10.0. The summed E-state index contributed by atoms with van der Waals surface area (Å²) < 4.78 is 41.4. The van der Waals surface area contributed by atoms with Crippen molar-refractivity contribution in [2.75, 3.05) is 13.1 Å². The molecule has 0 aromatic heterocycles. The molecule has 2 aliphatic rings. The number of nitrogens with one attached hydrogen (secondary N) is 1. The molecule has 5 nitrogen and oxygen atoms in total. The average molecular weight is 417 g/mol. The van der Waals surface area contributed by atoms with E-state index < -0.39 is 21.3 Å². The number of amides is 1. The zero-order chi connectivity index (χ0) is 20.5. The molecule has 1 N–H and O–H groups in total. The summed E-state index contributed by atoms with van der Waals surface area (Å²) in [5, 5.41) is 0. The molecule has 1 saturated heterocycles. The number of benzene rings is 2. The lowest BCUT2D eigenvalue weighted by atomic mass is 9.63. The molecular weight excluding hydrogens is 391 g/mol. The van der Waals surface area contributed by atoms with E-state index in [-0.39, 0.29) is 16.8 Å². The number of carbonyl (C=O) groups is 1. The third kappa shape index (κ3) is 3.94. The van der Waals surface area contributed by atoms with Crippen LogP contribution >= 0.6 is 0 Å². The van der Waals surface area contributed by atoms with Crippen LogP contribution in [0.4, 0.5) is 4.39 Å². The van der Waals surface area contributed by atoms with E-state index in [1.807, 2.05) is 30.3 Å². The third-order valence-corrected chi connectivity index (χ3v) is 7.60. The SMILES string of the molecule is O=C(N1CCCC(NS(=O)(=O)c2cccc(F)c2)C1)C1(c2ccccc2)CCC1. The number of carbonyl (C=O) groups excluding carboxylic acids is 1. The molecule has 1 saturated carbocycles. The molecular formula is C22H25FN2O3S. The number of rotatable bonds is 5. The Hall–Kier alpha value is -2.25. The molecule has 1 unspecified atom stereocenters. The van der Waals surface area contributed by atoms with Crippen LogP contribution in [-0.2, 0) is 20.2 Å². The summed E-state index contributed by atoms with van der Waals surface area (Å²) >= 11 is 0. The Kier molecular flexibility index (Phi) is 5.44. The van der Waals surface area contributed by atoms with Crippen molar-refractivity contribution in [1.29, 1.82) is 0 Å². The molecule has 0 spiro atoms. The Balaban J connectivity index is 1.49. The summed E-state index contributed by atoms with van der Waals surface area (Å²) in [6, 6.07) is 14.4. The number of likely N-dealkylation sites (tertiary alicyclic amines) is 1. The summed E-state index contributed by atoms with van der Waals surface area (Å²) in [6.07, 6.45) is 4.05. The van der Waals surface area contributed by atoms with Gasteiger partial charge >= 0.3 is 0 Å². The molecule has 1 atom stereocenters. The van der Waals surface area contributed by atoms with Crippen LogP contribution in [0.5, 0.6) is 0 Å². The third-order valence-electron chi connectivity index (χ3n) is 6.08. The van der Waals surface area contributed by atoms with Gasteiger partial charge in [0.15, 0.2) is 0 Å². The molecule has 1 amide bonds. The Morgan fingerprint density at radius 2 is 1.83 bits per heavy atom. The van der Waals surface area contributed by atoms with Crippen LogP contribution in [0.15, 0.2) is 59.5 Å². The van der Waals surface area contributed by atoms with Crippen LogP contribution in [0.1, 0.15) is 37.7 Å². The fourth-order valence-corrected chi connectivity index (χ4v) is 5.69. The largest absolute Gasteiger partial charge is 0.340 e. The number of sulfonamides is 1. The molecule has 0 radical (unpaired) electrons. The molecule has 2 fully saturated rings. The van der Waals surface area contributed by atoms with Gasteiger partial charge in [0.25, 0.3) is 0 Å². The second kappa shape index (κ2) is 7.88. The van der Waals surface area contributed by atoms with Crippen molar-refractivity contribution in [3.63, 3.8) is 0 Å². The van der Waals surface area contributed by atoms with Gasteiger partial charge in [0.05, 0.1) is 10.3 Å². The fourth-order valence-electron chi connectivity index (χ4n) is 4.40. The standard InChI is InChI=1S/C22H25FN2O3S/c23-18-9-4-11-20(15-18)29(27,28)24-19-10-5-14-25(16-19)21(26)22(12-6-13-22)17-7-2-1-3-8-17/h1-4,7-9,11,15,19,24H,5-6,10,12-14,16H2. The first-order valence-corrected chi connectivity index (χ1v) is 11.5. The normalized spacial score (nSPS) is 21.4. The van der Waals surface area contributed by atoms with E-state index in [0.29, 0.717) is 19.5 Å². The highest BCUT2D eigenvalue weighted by atomic mass is 32.2. The van der Waals surface area contributed by atoms with E-state index in [1.165, 1.54) is 18.2 Å². The van der Waals surface area contributed by atoms with Gasteiger partial charge in [-0.25, -0.2) is 17.5 Å². The van der Waals surface area contributed by atoms with Crippen LogP contribution in [0.2, 0.25) is 0 Å². The van der Waals surface area contributed by atoms with Gasteiger partial charge in [-0.2, -0.15) is 0 Å². The monoisotopic (exact) mass is 416 g/mol. The van der Waals surface area contributed by atoms with Crippen molar-refractivity contribution in [3.8, 4) is 0 Å². The van der Waals surface area contributed by atoms with Crippen LogP contribution < -0.4 is 4.72 Å². The van der Waals surface area contributed by atoms with Crippen molar-refractivity contribution >= 4 is 15.9 Å². The maximum Gasteiger partial charge on any atom is 0.240 e. The van der Waals surface area contributed by atoms with Gasteiger partial charge in [-0.15, -0.1) is 0 Å². The summed E-state index contributed by atoms with van der Waals surface area (Å²) in [5.41, 5.74) is 0.559. The molecule has 7 heteroatoms. The van der Waals surface area contributed by atoms with Crippen molar-refractivity contribution < 1.29 is 17.6 Å². The summed E-state index contributed by atoms with van der Waals surface area (Å²) in [6.45, 7) is 0.966.